The van der Waals surface area contributed by atoms with Gasteiger partial charge in [-0.15, -0.1) is 11.3 Å². The number of imide groups is 1. The molecule has 8 heteroatoms. The molecule has 110 valence electrons. The number of hydrogen-bond acceptors (Lipinski definition) is 7. The summed E-state index contributed by atoms with van der Waals surface area (Å²) in [5.41, 5.74) is 0. The van der Waals surface area contributed by atoms with Gasteiger partial charge in [0.15, 0.2) is 0 Å². The third-order valence-electron chi connectivity index (χ3n) is 3.08. The molecular weight excluding hydrogens is 290 g/mol. The number of aryl methyl sites for hydroxylation is 1. The van der Waals surface area contributed by atoms with Gasteiger partial charge in [-0.05, 0) is 19.9 Å². The molecule has 1 aliphatic rings. The number of nitrogens with zero attached hydrogens (tertiary/aromatic N) is 3. The third kappa shape index (κ3) is 2.66. The minimum Gasteiger partial charge on any atom is -0.354 e. The zero-order valence-electron chi connectivity index (χ0n) is 11.8. The lowest BCUT2D eigenvalue weighted by atomic mass is 10.3. The van der Waals surface area contributed by atoms with E-state index >= 15 is 0 Å². The predicted molar refractivity (Wildman–Crippen MR) is 81.7 cm³/mol. The van der Waals surface area contributed by atoms with E-state index in [1.807, 2.05) is 19.9 Å². The number of piperazine rings is 1. The Hall–Kier alpha value is -2.22. The van der Waals surface area contributed by atoms with Crippen molar-refractivity contribution in [2.75, 3.05) is 29.9 Å². The van der Waals surface area contributed by atoms with Crippen molar-refractivity contribution in [1.29, 1.82) is 0 Å². The minimum absolute atomic E-state index is 0.123. The molecule has 0 saturated carbocycles. The van der Waals surface area contributed by atoms with Crippen molar-refractivity contribution in [1.82, 2.24) is 15.3 Å². The summed E-state index contributed by atoms with van der Waals surface area (Å²) in [5, 5.41) is 6.26. The summed E-state index contributed by atoms with van der Waals surface area (Å²) in [6, 6.07) is 1.99. The van der Waals surface area contributed by atoms with Gasteiger partial charge in [-0.25, -0.2) is 4.98 Å². The number of thiophene rings is 1. The van der Waals surface area contributed by atoms with Crippen LogP contribution in [0.4, 0.5) is 11.8 Å². The number of amides is 2. The molecule has 2 aromatic rings. The molecule has 0 spiro atoms. The summed E-state index contributed by atoms with van der Waals surface area (Å²) < 4.78 is 0. The molecular formula is C13H15N5O2S. The number of hydrogen-bond donors (Lipinski definition) is 2. The van der Waals surface area contributed by atoms with Gasteiger partial charge in [0, 0.05) is 11.4 Å². The number of carbonyl (C=O) groups excluding carboxylic acids is 2. The number of carbonyl (C=O) groups is 2. The Bertz CT molecular complexity index is 711. The fourth-order valence-electron chi connectivity index (χ4n) is 2.29. The van der Waals surface area contributed by atoms with Crippen LogP contribution in [0.5, 0.6) is 0 Å². The number of nitrogens with one attached hydrogen (secondary N) is 2. The highest BCUT2D eigenvalue weighted by atomic mass is 32.1. The van der Waals surface area contributed by atoms with Crippen LogP contribution in [0.3, 0.4) is 0 Å². The highest BCUT2D eigenvalue weighted by molar-refractivity contribution is 7.18. The molecule has 0 unspecified atom stereocenters. The van der Waals surface area contributed by atoms with E-state index in [-0.39, 0.29) is 24.9 Å². The summed E-state index contributed by atoms with van der Waals surface area (Å²) in [4.78, 5) is 35.8. The highest BCUT2D eigenvalue weighted by Crippen LogP contribution is 2.31. The fraction of sp³-hybridized carbons (Fsp3) is 0.385. The van der Waals surface area contributed by atoms with E-state index < -0.39 is 0 Å². The molecule has 1 saturated heterocycles. The maximum absolute atomic E-state index is 11.6. The average Bonchev–Trinajstić information content (AvgIpc) is 2.77. The first-order valence-electron chi connectivity index (χ1n) is 6.66. The second-order valence-corrected chi connectivity index (χ2v) is 6.04. The van der Waals surface area contributed by atoms with Crippen LogP contribution >= 0.6 is 11.3 Å². The van der Waals surface area contributed by atoms with E-state index in [1.165, 1.54) is 0 Å². The van der Waals surface area contributed by atoms with Gasteiger partial charge in [0.05, 0.1) is 18.5 Å². The van der Waals surface area contributed by atoms with Gasteiger partial charge in [0.25, 0.3) is 0 Å². The molecule has 2 N–H and O–H groups in total. The average molecular weight is 305 g/mol. The second kappa shape index (κ2) is 5.28. The summed E-state index contributed by atoms with van der Waals surface area (Å²) in [7, 11) is 0. The van der Waals surface area contributed by atoms with Gasteiger partial charge in [-0.2, -0.15) is 4.98 Å². The molecule has 21 heavy (non-hydrogen) atoms. The standard InChI is InChI=1S/C13H15N5O2S/c1-3-14-13-16-11(8-4-7(2)21-12(8)17-13)18-5-9(19)15-10(20)6-18/h4H,3,5-6H2,1-2H3,(H,14,16,17)(H,15,19,20). The smallest absolute Gasteiger partial charge is 0.246 e. The lowest BCUT2D eigenvalue weighted by Crippen LogP contribution is -2.51. The van der Waals surface area contributed by atoms with Gasteiger partial charge in [-0.3, -0.25) is 14.9 Å². The molecule has 1 aliphatic heterocycles. The topological polar surface area (TPSA) is 87.2 Å². The Morgan fingerprint density at radius 2 is 2.05 bits per heavy atom. The molecule has 0 aliphatic carbocycles. The van der Waals surface area contributed by atoms with Crippen molar-refractivity contribution in [3.8, 4) is 0 Å². The first-order valence-corrected chi connectivity index (χ1v) is 7.48. The molecule has 0 radical (unpaired) electrons. The lowest BCUT2D eigenvalue weighted by Gasteiger charge is -2.27. The number of fused-ring (bicyclic) bond motifs is 1. The van der Waals surface area contributed by atoms with Crippen LogP contribution in [0.2, 0.25) is 0 Å². The zero-order valence-corrected chi connectivity index (χ0v) is 12.6. The largest absolute Gasteiger partial charge is 0.354 e. The van der Waals surface area contributed by atoms with Crippen LogP contribution < -0.4 is 15.5 Å². The van der Waals surface area contributed by atoms with E-state index in [0.717, 1.165) is 15.1 Å². The quantitative estimate of drug-likeness (QED) is 0.819. The van der Waals surface area contributed by atoms with Gasteiger partial charge >= 0.3 is 0 Å². The maximum atomic E-state index is 11.6. The third-order valence-corrected chi connectivity index (χ3v) is 4.02. The molecule has 1 fully saturated rings. The molecule has 3 rings (SSSR count). The van der Waals surface area contributed by atoms with E-state index in [9.17, 15) is 9.59 Å². The predicted octanol–water partition coefficient (Wildman–Crippen LogP) is 0.894. The van der Waals surface area contributed by atoms with E-state index in [4.69, 9.17) is 0 Å². The summed E-state index contributed by atoms with van der Waals surface area (Å²) in [6.45, 7) is 4.91. The molecule has 2 aromatic heterocycles. The van der Waals surface area contributed by atoms with Crippen molar-refractivity contribution in [3.63, 3.8) is 0 Å². The van der Waals surface area contributed by atoms with Gasteiger partial charge in [0.1, 0.15) is 10.6 Å². The Labute approximate surface area is 125 Å². The van der Waals surface area contributed by atoms with E-state index in [0.29, 0.717) is 18.3 Å². The fourth-order valence-corrected chi connectivity index (χ4v) is 3.17. The molecule has 0 aromatic carbocycles. The first kappa shape index (κ1) is 13.7. The van der Waals surface area contributed by atoms with Gasteiger partial charge in [-0.1, -0.05) is 0 Å². The summed E-state index contributed by atoms with van der Waals surface area (Å²) in [5.74, 6) is 0.522. The van der Waals surface area contributed by atoms with Crippen molar-refractivity contribution in [3.05, 3.63) is 10.9 Å². The van der Waals surface area contributed by atoms with Crippen LogP contribution in [0.25, 0.3) is 10.2 Å². The van der Waals surface area contributed by atoms with Crippen LogP contribution in [0.15, 0.2) is 6.07 Å². The summed E-state index contributed by atoms with van der Waals surface area (Å²) in [6.07, 6.45) is 0. The van der Waals surface area contributed by atoms with E-state index in [1.54, 1.807) is 16.2 Å². The minimum atomic E-state index is -0.310. The van der Waals surface area contributed by atoms with Crippen LogP contribution in [-0.4, -0.2) is 41.4 Å². The molecule has 7 nitrogen and oxygen atoms in total. The Kier molecular flexibility index (Phi) is 3.46. The van der Waals surface area contributed by atoms with E-state index in [2.05, 4.69) is 20.6 Å². The Balaban J connectivity index is 2.10. The first-order chi connectivity index (χ1) is 10.1. The monoisotopic (exact) mass is 305 g/mol. The molecule has 0 bridgehead atoms. The normalized spacial score (nSPS) is 15.4. The van der Waals surface area contributed by atoms with Crippen molar-refractivity contribution >= 4 is 45.1 Å². The van der Waals surface area contributed by atoms with Crippen LogP contribution in [0.1, 0.15) is 11.8 Å². The summed E-state index contributed by atoms with van der Waals surface area (Å²) >= 11 is 1.57. The SMILES string of the molecule is CCNc1nc(N2CC(=O)NC(=O)C2)c2cc(C)sc2n1. The van der Waals surface area contributed by atoms with Crippen molar-refractivity contribution in [2.45, 2.75) is 13.8 Å². The molecule has 3 heterocycles. The number of anilines is 2. The van der Waals surface area contributed by atoms with Crippen molar-refractivity contribution < 1.29 is 9.59 Å². The van der Waals surface area contributed by atoms with Gasteiger partial charge in [0.2, 0.25) is 17.8 Å². The van der Waals surface area contributed by atoms with Gasteiger partial charge < -0.3 is 10.2 Å². The Morgan fingerprint density at radius 1 is 1.33 bits per heavy atom. The Morgan fingerprint density at radius 3 is 2.71 bits per heavy atom. The number of aromatic nitrogens is 2. The maximum Gasteiger partial charge on any atom is 0.246 e. The zero-order chi connectivity index (χ0) is 15.0. The lowest BCUT2D eigenvalue weighted by molar-refractivity contribution is -0.130. The number of rotatable bonds is 3. The second-order valence-electron chi connectivity index (χ2n) is 4.80. The van der Waals surface area contributed by atoms with Crippen molar-refractivity contribution in [2.24, 2.45) is 0 Å². The highest BCUT2D eigenvalue weighted by Gasteiger charge is 2.26. The van der Waals surface area contributed by atoms with Crippen LogP contribution in [0, 0.1) is 6.92 Å². The molecule has 2 amide bonds. The van der Waals surface area contributed by atoms with Crippen LogP contribution in [-0.2, 0) is 9.59 Å². The molecule has 0 atom stereocenters.